The first-order valence-corrected chi connectivity index (χ1v) is 7.58. The number of aliphatic hydroxyl groups is 2. The molecular weight excluding hydrogens is 282 g/mol. The van der Waals surface area contributed by atoms with Gasteiger partial charge in [-0.1, -0.05) is 0 Å². The first kappa shape index (κ1) is 16.7. The van der Waals surface area contributed by atoms with E-state index >= 15 is 0 Å². The van der Waals surface area contributed by atoms with Crippen LogP contribution in [0.4, 0.5) is 0 Å². The minimum atomic E-state index is -0.542. The number of hydrogen-bond acceptors (Lipinski definition) is 6. The van der Waals surface area contributed by atoms with Crippen LogP contribution < -0.4 is 4.74 Å². The lowest BCUT2D eigenvalue weighted by Crippen LogP contribution is -2.49. The maximum absolute atomic E-state index is 10.1. The third kappa shape index (κ3) is 5.28. The zero-order chi connectivity index (χ0) is 15.8. The van der Waals surface area contributed by atoms with Crippen molar-refractivity contribution in [2.24, 2.45) is 0 Å². The first-order chi connectivity index (χ1) is 10.7. The van der Waals surface area contributed by atoms with Crippen LogP contribution in [-0.2, 0) is 0 Å². The van der Waals surface area contributed by atoms with Crippen molar-refractivity contribution in [2.75, 3.05) is 52.5 Å². The minimum absolute atomic E-state index is 0.195. The summed E-state index contributed by atoms with van der Waals surface area (Å²) in [7, 11) is 0. The molecule has 6 heteroatoms. The van der Waals surface area contributed by atoms with Crippen LogP contribution in [0.25, 0.3) is 0 Å². The Morgan fingerprint density at radius 3 is 2.36 bits per heavy atom. The number of nitriles is 1. The van der Waals surface area contributed by atoms with Crippen molar-refractivity contribution in [3.63, 3.8) is 0 Å². The summed E-state index contributed by atoms with van der Waals surface area (Å²) in [6.45, 7) is 5.38. The monoisotopic (exact) mass is 305 g/mol. The lowest BCUT2D eigenvalue weighted by atomic mass is 10.2. The fraction of sp³-hybridized carbons (Fsp3) is 0.562. The molecule has 1 heterocycles. The lowest BCUT2D eigenvalue weighted by molar-refractivity contribution is 0.0428. The van der Waals surface area contributed by atoms with Crippen LogP contribution in [0.2, 0.25) is 0 Å². The van der Waals surface area contributed by atoms with Crippen molar-refractivity contribution >= 4 is 0 Å². The molecule has 0 aliphatic carbocycles. The Kier molecular flexibility index (Phi) is 6.62. The topological polar surface area (TPSA) is 80.0 Å². The molecule has 0 saturated carbocycles. The number of hydrogen-bond donors (Lipinski definition) is 2. The Labute approximate surface area is 131 Å². The predicted molar refractivity (Wildman–Crippen MR) is 82.6 cm³/mol. The second-order valence-electron chi connectivity index (χ2n) is 5.47. The quantitative estimate of drug-likeness (QED) is 0.733. The molecule has 0 aromatic heterocycles. The number of rotatable bonds is 7. The van der Waals surface area contributed by atoms with Crippen LogP contribution in [0.5, 0.6) is 5.75 Å². The smallest absolute Gasteiger partial charge is 0.119 e. The third-order valence-electron chi connectivity index (χ3n) is 3.78. The summed E-state index contributed by atoms with van der Waals surface area (Å²) in [6, 6.07) is 8.92. The number of ether oxygens (including phenoxy) is 1. The van der Waals surface area contributed by atoms with E-state index in [1.165, 1.54) is 0 Å². The van der Waals surface area contributed by atoms with Crippen molar-refractivity contribution in [1.29, 1.82) is 5.26 Å². The van der Waals surface area contributed by atoms with E-state index in [9.17, 15) is 5.11 Å². The van der Waals surface area contributed by atoms with E-state index in [-0.39, 0.29) is 13.2 Å². The highest BCUT2D eigenvalue weighted by atomic mass is 16.5. The summed E-state index contributed by atoms with van der Waals surface area (Å²) in [5.41, 5.74) is 0.591. The number of nitrogens with zero attached hydrogens (tertiary/aromatic N) is 3. The molecule has 22 heavy (non-hydrogen) atoms. The van der Waals surface area contributed by atoms with Gasteiger partial charge in [-0.3, -0.25) is 9.80 Å². The number of piperazine rings is 1. The molecule has 0 bridgehead atoms. The maximum atomic E-state index is 10.1. The first-order valence-electron chi connectivity index (χ1n) is 7.58. The Bertz CT molecular complexity index is 478. The molecule has 1 aliphatic heterocycles. The number of benzene rings is 1. The lowest BCUT2D eigenvalue weighted by Gasteiger charge is -2.35. The SMILES string of the molecule is N#Cc1ccc(OC[C@H](O)CN2CCN(CCO)CC2)cc1. The zero-order valence-corrected chi connectivity index (χ0v) is 12.7. The van der Waals surface area contributed by atoms with Gasteiger partial charge in [0.2, 0.25) is 0 Å². The van der Waals surface area contributed by atoms with Gasteiger partial charge in [0.15, 0.2) is 0 Å². The van der Waals surface area contributed by atoms with Crippen molar-refractivity contribution in [3.8, 4) is 11.8 Å². The van der Waals surface area contributed by atoms with Crippen LogP contribution in [-0.4, -0.2) is 78.6 Å². The summed E-state index contributed by atoms with van der Waals surface area (Å²) in [4.78, 5) is 4.43. The van der Waals surface area contributed by atoms with Gasteiger partial charge in [-0.25, -0.2) is 0 Å². The molecule has 1 atom stereocenters. The van der Waals surface area contributed by atoms with Crippen LogP contribution in [0.1, 0.15) is 5.56 Å². The van der Waals surface area contributed by atoms with Crippen LogP contribution >= 0.6 is 0 Å². The highest BCUT2D eigenvalue weighted by molar-refractivity contribution is 5.34. The Morgan fingerprint density at radius 2 is 1.77 bits per heavy atom. The molecule has 1 aliphatic rings. The Balaban J connectivity index is 1.67. The number of β-amino-alcohol motifs (C(OH)–C–C–N with tert-alkyl or cyclic N) is 2. The molecule has 0 spiro atoms. The molecule has 2 N–H and O–H groups in total. The molecule has 2 rings (SSSR count). The van der Waals surface area contributed by atoms with Crippen LogP contribution in [0.15, 0.2) is 24.3 Å². The average Bonchev–Trinajstić information content (AvgIpc) is 2.55. The summed E-state index contributed by atoms with van der Waals surface area (Å²) in [5.74, 6) is 0.658. The van der Waals surface area contributed by atoms with Gasteiger partial charge in [0.25, 0.3) is 0 Å². The molecule has 0 unspecified atom stereocenters. The summed E-state index contributed by atoms with van der Waals surface area (Å²) in [5, 5.41) is 27.7. The molecule has 0 radical (unpaired) electrons. The largest absolute Gasteiger partial charge is 0.491 e. The van der Waals surface area contributed by atoms with Crippen LogP contribution in [0, 0.1) is 11.3 Å². The molecule has 1 aromatic rings. The van der Waals surface area contributed by atoms with Crippen molar-refractivity contribution in [1.82, 2.24) is 9.80 Å². The van der Waals surface area contributed by atoms with Gasteiger partial charge in [-0.05, 0) is 24.3 Å². The molecule has 1 fully saturated rings. The molecule has 0 amide bonds. The molecule has 120 valence electrons. The van der Waals surface area contributed by atoms with Crippen LogP contribution in [0.3, 0.4) is 0 Å². The predicted octanol–water partition coefficient (Wildman–Crippen LogP) is -0.0921. The second kappa shape index (κ2) is 8.71. The van der Waals surface area contributed by atoms with Gasteiger partial charge in [-0.15, -0.1) is 0 Å². The van der Waals surface area contributed by atoms with E-state index in [0.717, 1.165) is 32.7 Å². The minimum Gasteiger partial charge on any atom is -0.491 e. The standard InChI is InChI=1S/C16H23N3O3/c17-11-14-1-3-16(4-2-14)22-13-15(21)12-19-7-5-18(6-8-19)9-10-20/h1-4,15,20-21H,5-10,12-13H2/t15-/m1/s1. The average molecular weight is 305 g/mol. The molecule has 1 saturated heterocycles. The molecule has 1 aromatic carbocycles. The highest BCUT2D eigenvalue weighted by Gasteiger charge is 2.19. The van der Waals surface area contributed by atoms with Crippen molar-refractivity contribution in [3.05, 3.63) is 29.8 Å². The van der Waals surface area contributed by atoms with Gasteiger partial charge in [-0.2, -0.15) is 5.26 Å². The Hall–Kier alpha value is -1.65. The second-order valence-corrected chi connectivity index (χ2v) is 5.47. The summed E-state index contributed by atoms with van der Waals surface area (Å²) < 4.78 is 5.54. The van der Waals surface area contributed by atoms with Gasteiger partial charge >= 0.3 is 0 Å². The van der Waals surface area contributed by atoms with Crippen molar-refractivity contribution in [2.45, 2.75) is 6.10 Å². The van der Waals surface area contributed by atoms with E-state index in [0.29, 0.717) is 17.9 Å². The zero-order valence-electron chi connectivity index (χ0n) is 12.7. The van der Waals surface area contributed by atoms with Gasteiger partial charge in [0.1, 0.15) is 18.5 Å². The maximum Gasteiger partial charge on any atom is 0.119 e. The number of aliphatic hydroxyl groups excluding tert-OH is 2. The fourth-order valence-electron chi connectivity index (χ4n) is 2.51. The molecule has 6 nitrogen and oxygen atoms in total. The highest BCUT2D eigenvalue weighted by Crippen LogP contribution is 2.12. The molecular formula is C16H23N3O3. The van der Waals surface area contributed by atoms with E-state index in [2.05, 4.69) is 15.9 Å². The van der Waals surface area contributed by atoms with E-state index in [4.69, 9.17) is 15.1 Å². The fourth-order valence-corrected chi connectivity index (χ4v) is 2.51. The van der Waals surface area contributed by atoms with Gasteiger partial charge in [0.05, 0.1) is 18.2 Å². The van der Waals surface area contributed by atoms with Gasteiger partial charge < -0.3 is 14.9 Å². The van der Waals surface area contributed by atoms with E-state index < -0.39 is 6.10 Å². The van der Waals surface area contributed by atoms with E-state index in [1.807, 2.05) is 0 Å². The Morgan fingerprint density at radius 1 is 1.14 bits per heavy atom. The van der Waals surface area contributed by atoms with Crippen molar-refractivity contribution < 1.29 is 14.9 Å². The third-order valence-corrected chi connectivity index (χ3v) is 3.78. The normalized spacial score (nSPS) is 17.9. The van der Waals surface area contributed by atoms with Gasteiger partial charge in [0, 0.05) is 39.3 Å². The summed E-state index contributed by atoms with van der Waals surface area (Å²) in [6.07, 6.45) is -0.542. The summed E-state index contributed by atoms with van der Waals surface area (Å²) >= 11 is 0. The van der Waals surface area contributed by atoms with E-state index in [1.54, 1.807) is 24.3 Å².